The summed E-state index contributed by atoms with van der Waals surface area (Å²) >= 11 is 0. The topological polar surface area (TPSA) is 61.8 Å². The number of aryl methyl sites for hydroxylation is 2. The molecule has 3 aliphatic rings. The number of aliphatic imine (C=N–C) groups is 1. The number of imide groups is 1. The van der Waals surface area contributed by atoms with Crippen LogP contribution in [-0.2, 0) is 11.3 Å². The quantitative estimate of drug-likeness (QED) is 0.753. The number of likely N-dealkylation sites (N-methyl/N-ethyl adjacent to an activating group) is 1. The molecular formula is C22H26N5O2+. The number of aromatic nitrogens is 2. The molecule has 1 aliphatic carbocycles. The van der Waals surface area contributed by atoms with Crippen molar-refractivity contribution in [1.82, 2.24) is 14.4 Å². The lowest BCUT2D eigenvalue weighted by Gasteiger charge is -2.33. The van der Waals surface area contributed by atoms with Gasteiger partial charge in [-0.05, 0) is 50.7 Å². The molecule has 7 heteroatoms. The van der Waals surface area contributed by atoms with E-state index in [1.54, 1.807) is 7.05 Å². The Kier molecular flexibility index (Phi) is 4.08. The molecule has 0 radical (unpaired) electrons. The molecule has 0 N–H and O–H groups in total. The van der Waals surface area contributed by atoms with Gasteiger partial charge in [0, 0.05) is 7.05 Å². The number of carbonyl (C=O) groups excluding carboxylic acids is 2. The Morgan fingerprint density at radius 3 is 2.59 bits per heavy atom. The van der Waals surface area contributed by atoms with Crippen LogP contribution in [0.1, 0.15) is 54.6 Å². The van der Waals surface area contributed by atoms with E-state index in [4.69, 9.17) is 4.99 Å². The fourth-order valence-corrected chi connectivity index (χ4v) is 4.92. The number of hydrogen-bond acceptors (Lipinski definition) is 3. The number of imidazole rings is 1. The van der Waals surface area contributed by atoms with Gasteiger partial charge < -0.3 is 0 Å². The highest BCUT2D eigenvalue weighted by molar-refractivity contribution is 6.19. The maximum atomic E-state index is 13.5. The molecule has 2 aromatic rings. The molecule has 7 nitrogen and oxygen atoms in total. The zero-order chi connectivity index (χ0) is 20.3. The monoisotopic (exact) mass is 392 g/mol. The van der Waals surface area contributed by atoms with Crippen LogP contribution >= 0.6 is 0 Å². The minimum absolute atomic E-state index is 0.206. The molecule has 1 aromatic heterocycles. The summed E-state index contributed by atoms with van der Waals surface area (Å²) in [6.45, 7) is 4.35. The predicted octanol–water partition coefficient (Wildman–Crippen LogP) is 3.19. The molecular weight excluding hydrogens is 366 g/mol. The van der Waals surface area contributed by atoms with Crippen LogP contribution in [-0.4, -0.2) is 39.2 Å². The molecule has 5 rings (SSSR count). The van der Waals surface area contributed by atoms with Crippen LogP contribution in [0, 0.1) is 13.8 Å². The number of amidine groups is 1. The van der Waals surface area contributed by atoms with Gasteiger partial charge in [0.1, 0.15) is 11.9 Å². The molecule has 2 aliphatic heterocycles. The van der Waals surface area contributed by atoms with Crippen molar-refractivity contribution in [2.75, 3.05) is 7.05 Å². The lowest BCUT2D eigenvalue weighted by atomic mass is 10.1. The Hall–Kier alpha value is -2.96. The van der Waals surface area contributed by atoms with Crippen molar-refractivity contribution in [2.24, 2.45) is 4.99 Å². The standard InChI is InChI=1S/C22H26N5O2/c1-14-8-4-5-9-16(14)13-26-20(28)18-19(24(3)22(26)29)23-21-25(18)12-15(2)27(21)17-10-6-7-11-17/h4-5,8-9,12,17-18H,6-7,10-11,13H2,1-3H3/q+1. The summed E-state index contributed by atoms with van der Waals surface area (Å²) in [5, 5.41) is 0. The van der Waals surface area contributed by atoms with Crippen molar-refractivity contribution in [3.05, 3.63) is 47.3 Å². The summed E-state index contributed by atoms with van der Waals surface area (Å²) < 4.78 is 4.22. The largest absolute Gasteiger partial charge is 0.402 e. The van der Waals surface area contributed by atoms with E-state index in [2.05, 4.69) is 11.5 Å². The van der Waals surface area contributed by atoms with E-state index in [1.165, 1.54) is 22.6 Å². The highest BCUT2D eigenvalue weighted by Crippen LogP contribution is 2.37. The number of rotatable bonds is 3. The Morgan fingerprint density at radius 1 is 1.14 bits per heavy atom. The van der Waals surface area contributed by atoms with Gasteiger partial charge in [-0.3, -0.25) is 14.6 Å². The predicted molar refractivity (Wildman–Crippen MR) is 108 cm³/mol. The Morgan fingerprint density at radius 2 is 1.86 bits per heavy atom. The first kappa shape index (κ1) is 18.1. The lowest BCUT2D eigenvalue weighted by Crippen LogP contribution is -2.62. The fraction of sp³-hybridized carbons (Fsp3) is 0.455. The molecule has 1 unspecified atom stereocenters. The third-order valence-corrected chi connectivity index (χ3v) is 6.53. The van der Waals surface area contributed by atoms with Crippen LogP contribution in [0.15, 0.2) is 35.5 Å². The molecule has 150 valence electrons. The Bertz CT molecular complexity index is 1050. The molecule has 0 spiro atoms. The van der Waals surface area contributed by atoms with Gasteiger partial charge in [0.05, 0.1) is 12.6 Å². The van der Waals surface area contributed by atoms with Crippen LogP contribution in [0.4, 0.5) is 10.7 Å². The molecule has 1 aromatic carbocycles. The first-order chi connectivity index (χ1) is 14.0. The maximum absolute atomic E-state index is 13.5. The smallest absolute Gasteiger partial charge is 0.270 e. The van der Waals surface area contributed by atoms with Crippen LogP contribution in [0.5, 0.6) is 0 Å². The van der Waals surface area contributed by atoms with Crippen LogP contribution in [0.3, 0.4) is 0 Å². The van der Waals surface area contributed by atoms with E-state index in [9.17, 15) is 9.59 Å². The highest BCUT2D eigenvalue weighted by Gasteiger charge is 2.53. The number of benzene rings is 1. The van der Waals surface area contributed by atoms with Gasteiger partial charge in [-0.25, -0.2) is 13.9 Å². The Balaban J connectivity index is 1.54. The van der Waals surface area contributed by atoms with Gasteiger partial charge in [0.15, 0.2) is 0 Å². The van der Waals surface area contributed by atoms with Crippen molar-refractivity contribution < 1.29 is 14.2 Å². The summed E-state index contributed by atoms with van der Waals surface area (Å²) in [6.07, 6.45) is 6.75. The molecule has 3 amide bonds. The zero-order valence-electron chi connectivity index (χ0n) is 17.1. The zero-order valence-corrected chi connectivity index (χ0v) is 17.1. The number of amides is 3. The maximum Gasteiger partial charge on any atom is 0.402 e. The summed E-state index contributed by atoms with van der Waals surface area (Å²) in [5.74, 6) is 1.12. The van der Waals surface area contributed by atoms with Gasteiger partial charge in [-0.2, -0.15) is 0 Å². The number of carbonyl (C=O) groups is 2. The SMILES string of the molecule is Cc1ccccc1CN1C(=O)C2C(=Nc3n(C4CCCC4)c(C)c[n+]32)N(C)C1=O. The fourth-order valence-electron chi connectivity index (χ4n) is 4.92. The second kappa shape index (κ2) is 6.54. The third-order valence-electron chi connectivity index (χ3n) is 6.53. The number of nitrogens with zero attached hydrogens (tertiary/aromatic N) is 5. The molecule has 1 atom stereocenters. The van der Waals surface area contributed by atoms with Gasteiger partial charge in [-0.15, -0.1) is 0 Å². The summed E-state index contributed by atoms with van der Waals surface area (Å²) in [4.78, 5) is 34.1. The number of urea groups is 1. The van der Waals surface area contributed by atoms with E-state index < -0.39 is 6.04 Å². The normalized spacial score (nSPS) is 21.6. The number of fused-ring (bicyclic) bond motifs is 3. The van der Waals surface area contributed by atoms with E-state index >= 15 is 0 Å². The first-order valence-electron chi connectivity index (χ1n) is 10.3. The molecule has 1 saturated heterocycles. The summed E-state index contributed by atoms with van der Waals surface area (Å²) in [5.41, 5.74) is 3.16. The van der Waals surface area contributed by atoms with Crippen LogP contribution in [0.2, 0.25) is 0 Å². The van der Waals surface area contributed by atoms with E-state index in [0.717, 1.165) is 35.6 Å². The van der Waals surface area contributed by atoms with Gasteiger partial charge >= 0.3 is 12.0 Å². The molecule has 2 fully saturated rings. The van der Waals surface area contributed by atoms with Crippen molar-refractivity contribution in [2.45, 2.75) is 58.2 Å². The number of hydrogen-bond donors (Lipinski definition) is 0. The molecule has 0 bridgehead atoms. The summed E-state index contributed by atoms with van der Waals surface area (Å²) in [7, 11) is 1.71. The average molecular weight is 392 g/mol. The molecule has 29 heavy (non-hydrogen) atoms. The van der Waals surface area contributed by atoms with E-state index in [1.807, 2.05) is 42.0 Å². The van der Waals surface area contributed by atoms with E-state index in [-0.39, 0.29) is 18.5 Å². The third kappa shape index (κ3) is 2.63. The van der Waals surface area contributed by atoms with Crippen molar-refractivity contribution in [3.8, 4) is 0 Å². The van der Waals surface area contributed by atoms with Crippen molar-refractivity contribution in [1.29, 1.82) is 0 Å². The van der Waals surface area contributed by atoms with Crippen molar-refractivity contribution >= 4 is 23.7 Å². The van der Waals surface area contributed by atoms with E-state index in [0.29, 0.717) is 11.9 Å². The van der Waals surface area contributed by atoms with Gasteiger partial charge in [0.25, 0.3) is 5.91 Å². The van der Waals surface area contributed by atoms with Crippen LogP contribution in [0.25, 0.3) is 0 Å². The molecule has 3 heterocycles. The second-order valence-electron chi connectivity index (χ2n) is 8.35. The minimum atomic E-state index is -0.571. The summed E-state index contributed by atoms with van der Waals surface area (Å²) in [6, 6.07) is 7.40. The average Bonchev–Trinajstić information content (AvgIpc) is 3.40. The van der Waals surface area contributed by atoms with Crippen LogP contribution < -0.4 is 4.57 Å². The Labute approximate surface area is 170 Å². The second-order valence-corrected chi connectivity index (χ2v) is 8.35. The molecule has 1 saturated carbocycles. The minimum Gasteiger partial charge on any atom is -0.270 e. The highest BCUT2D eigenvalue weighted by atomic mass is 16.2. The first-order valence-corrected chi connectivity index (χ1v) is 10.3. The van der Waals surface area contributed by atoms with Gasteiger partial charge in [0.2, 0.25) is 11.9 Å². The van der Waals surface area contributed by atoms with Gasteiger partial charge in [-0.1, -0.05) is 29.3 Å². The lowest BCUT2D eigenvalue weighted by molar-refractivity contribution is -0.677. The van der Waals surface area contributed by atoms with Crippen molar-refractivity contribution in [3.63, 3.8) is 0 Å².